The van der Waals surface area contributed by atoms with Crippen molar-refractivity contribution < 1.29 is 22.7 Å². The van der Waals surface area contributed by atoms with E-state index in [0.29, 0.717) is 27.4 Å². The predicted octanol–water partition coefficient (Wildman–Crippen LogP) is 5.95. The van der Waals surface area contributed by atoms with Crippen LogP contribution in [0.3, 0.4) is 0 Å². The minimum Gasteiger partial charge on any atom is -0.462 e. The number of hydrogen-bond donors (Lipinski definition) is 1. The molecule has 7 nitrogen and oxygen atoms in total. The van der Waals surface area contributed by atoms with E-state index >= 15 is 0 Å². The lowest BCUT2D eigenvalue weighted by Crippen LogP contribution is -2.14. The Morgan fingerprint density at radius 2 is 1.60 bits per heavy atom. The van der Waals surface area contributed by atoms with Gasteiger partial charge in [-0.1, -0.05) is 42.5 Å². The standard InChI is InChI=1S/C26H20N2O5S2/c1-2-32-26(29)23-21(17-12-14-19(15-13-17)33-18-8-4-3-5-9-18)16-34-25(23)27-24-20-10-6-7-11-22(20)35(30,31)28-24/h3-16H,2H2,1H3,(H,27,28). The van der Waals surface area contributed by atoms with Gasteiger partial charge in [0, 0.05) is 16.5 Å². The SMILES string of the molecule is CCOC(=O)c1c(-c2ccc(Oc3ccccc3)cc2)csc1NC1=NS(=O)(=O)c2ccccc21. The van der Waals surface area contributed by atoms with Crippen molar-refractivity contribution in [3.05, 3.63) is 95.4 Å². The molecule has 4 aromatic rings. The number of amidine groups is 1. The highest BCUT2D eigenvalue weighted by atomic mass is 32.2. The number of sulfonamides is 1. The molecule has 0 unspecified atom stereocenters. The van der Waals surface area contributed by atoms with Crippen molar-refractivity contribution >= 4 is 38.2 Å². The van der Waals surface area contributed by atoms with Gasteiger partial charge in [-0.05, 0) is 48.9 Å². The summed E-state index contributed by atoms with van der Waals surface area (Å²) in [6, 6.07) is 23.4. The molecule has 1 aliphatic rings. The first-order chi connectivity index (χ1) is 17.0. The molecule has 0 radical (unpaired) electrons. The monoisotopic (exact) mass is 504 g/mol. The van der Waals surface area contributed by atoms with Crippen LogP contribution in [0.1, 0.15) is 22.8 Å². The molecule has 2 heterocycles. The second kappa shape index (κ2) is 9.36. The fraction of sp³-hybridized carbons (Fsp3) is 0.0769. The molecule has 176 valence electrons. The summed E-state index contributed by atoms with van der Waals surface area (Å²) in [7, 11) is -3.79. The van der Waals surface area contributed by atoms with Crippen LogP contribution in [0.25, 0.3) is 11.1 Å². The van der Waals surface area contributed by atoms with Crippen molar-refractivity contribution in [3.63, 3.8) is 0 Å². The molecule has 0 amide bonds. The van der Waals surface area contributed by atoms with E-state index in [9.17, 15) is 13.2 Å². The summed E-state index contributed by atoms with van der Waals surface area (Å²) in [5.41, 5.74) is 2.23. The van der Waals surface area contributed by atoms with E-state index < -0.39 is 16.0 Å². The topological polar surface area (TPSA) is 94.1 Å². The number of thiophene rings is 1. The zero-order chi connectivity index (χ0) is 24.4. The van der Waals surface area contributed by atoms with Gasteiger partial charge in [-0.2, -0.15) is 8.42 Å². The van der Waals surface area contributed by atoms with Gasteiger partial charge >= 0.3 is 5.97 Å². The molecule has 0 bridgehead atoms. The Kier molecular flexibility index (Phi) is 6.10. The Hall–Kier alpha value is -3.95. The maximum atomic E-state index is 12.9. The summed E-state index contributed by atoms with van der Waals surface area (Å²) in [6.07, 6.45) is 0. The molecule has 0 saturated carbocycles. The van der Waals surface area contributed by atoms with Gasteiger partial charge in [0.25, 0.3) is 10.0 Å². The second-order valence-electron chi connectivity index (χ2n) is 7.55. The van der Waals surface area contributed by atoms with Gasteiger partial charge in [-0.3, -0.25) is 0 Å². The largest absolute Gasteiger partial charge is 0.462 e. The van der Waals surface area contributed by atoms with Crippen LogP contribution in [0.2, 0.25) is 0 Å². The van der Waals surface area contributed by atoms with Gasteiger partial charge in [0.1, 0.15) is 27.0 Å². The average Bonchev–Trinajstić information content (AvgIpc) is 3.39. The number of nitrogens with zero attached hydrogens (tertiary/aromatic N) is 1. The summed E-state index contributed by atoms with van der Waals surface area (Å²) in [6.45, 7) is 1.94. The van der Waals surface area contributed by atoms with Crippen LogP contribution in [0.15, 0.2) is 93.5 Å². The van der Waals surface area contributed by atoms with Gasteiger partial charge in [0.15, 0.2) is 5.84 Å². The zero-order valence-electron chi connectivity index (χ0n) is 18.6. The van der Waals surface area contributed by atoms with Crippen LogP contribution < -0.4 is 10.1 Å². The molecule has 3 aromatic carbocycles. The summed E-state index contributed by atoms with van der Waals surface area (Å²) < 4.78 is 39.9. The fourth-order valence-corrected chi connectivity index (χ4v) is 5.83. The lowest BCUT2D eigenvalue weighted by molar-refractivity contribution is 0.0529. The third-order valence-corrected chi connectivity index (χ3v) is 7.51. The Morgan fingerprint density at radius 3 is 2.34 bits per heavy atom. The summed E-state index contributed by atoms with van der Waals surface area (Å²) >= 11 is 1.27. The van der Waals surface area contributed by atoms with Crippen LogP contribution in [-0.2, 0) is 14.8 Å². The number of fused-ring (bicyclic) bond motifs is 1. The van der Waals surface area contributed by atoms with Gasteiger partial charge in [0.05, 0.1) is 6.61 Å². The molecular formula is C26H20N2O5S2. The van der Waals surface area contributed by atoms with Crippen LogP contribution in [0, 0.1) is 0 Å². The first kappa shape index (κ1) is 22.8. The molecule has 0 spiro atoms. The highest BCUT2D eigenvalue weighted by Crippen LogP contribution is 2.38. The summed E-state index contributed by atoms with van der Waals surface area (Å²) in [5.74, 6) is 1.05. The normalized spacial score (nSPS) is 13.6. The van der Waals surface area contributed by atoms with Gasteiger partial charge in [0.2, 0.25) is 0 Å². The minimum absolute atomic E-state index is 0.131. The maximum Gasteiger partial charge on any atom is 0.341 e. The zero-order valence-corrected chi connectivity index (χ0v) is 20.2. The van der Waals surface area contributed by atoms with E-state index in [4.69, 9.17) is 9.47 Å². The Morgan fingerprint density at radius 1 is 0.914 bits per heavy atom. The average molecular weight is 505 g/mol. The van der Waals surface area contributed by atoms with Crippen LogP contribution in [0.5, 0.6) is 11.5 Å². The van der Waals surface area contributed by atoms with Crippen molar-refractivity contribution in [1.82, 2.24) is 0 Å². The Labute approximate surface area is 206 Å². The van der Waals surface area contributed by atoms with Crippen molar-refractivity contribution in [1.29, 1.82) is 0 Å². The summed E-state index contributed by atoms with van der Waals surface area (Å²) in [5, 5.41) is 5.34. The molecule has 9 heteroatoms. The van der Waals surface area contributed by atoms with E-state index in [0.717, 1.165) is 11.3 Å². The number of nitrogens with one attached hydrogen (secondary N) is 1. The van der Waals surface area contributed by atoms with Gasteiger partial charge in [-0.25, -0.2) is 4.79 Å². The Bertz CT molecular complexity index is 1530. The highest BCUT2D eigenvalue weighted by molar-refractivity contribution is 7.90. The van der Waals surface area contributed by atoms with Crippen LogP contribution in [-0.4, -0.2) is 26.8 Å². The number of anilines is 1. The molecule has 0 saturated heterocycles. The molecule has 1 aromatic heterocycles. The van der Waals surface area contributed by atoms with Crippen molar-refractivity contribution in [2.75, 3.05) is 11.9 Å². The molecule has 1 aliphatic heterocycles. The smallest absolute Gasteiger partial charge is 0.341 e. The quantitative estimate of drug-likeness (QED) is 0.326. The number of benzene rings is 3. The number of hydrogen-bond acceptors (Lipinski definition) is 7. The van der Waals surface area contributed by atoms with E-state index in [1.54, 1.807) is 25.1 Å². The molecule has 0 aliphatic carbocycles. The number of carbonyl (C=O) groups is 1. The summed E-state index contributed by atoms with van der Waals surface area (Å²) in [4.78, 5) is 13.1. The number of carbonyl (C=O) groups excluding carboxylic acids is 1. The van der Waals surface area contributed by atoms with Crippen molar-refractivity contribution in [3.8, 4) is 22.6 Å². The Balaban J connectivity index is 1.48. The lowest BCUT2D eigenvalue weighted by Gasteiger charge is -2.10. The van der Waals surface area contributed by atoms with Crippen LogP contribution >= 0.6 is 11.3 Å². The predicted molar refractivity (Wildman–Crippen MR) is 136 cm³/mol. The molecule has 1 N–H and O–H groups in total. The first-order valence-corrected chi connectivity index (χ1v) is 13.1. The molecule has 0 atom stereocenters. The number of para-hydroxylation sites is 1. The number of esters is 1. The molecule has 0 fully saturated rings. The minimum atomic E-state index is -3.79. The number of rotatable bonds is 6. The lowest BCUT2D eigenvalue weighted by atomic mass is 10.0. The van der Waals surface area contributed by atoms with Crippen LogP contribution in [0.4, 0.5) is 5.00 Å². The molecule has 5 rings (SSSR count). The molecular weight excluding hydrogens is 484 g/mol. The first-order valence-electron chi connectivity index (χ1n) is 10.8. The second-order valence-corrected chi connectivity index (χ2v) is 10.0. The van der Waals surface area contributed by atoms with E-state index in [1.807, 2.05) is 60.0 Å². The van der Waals surface area contributed by atoms with Gasteiger partial charge in [-0.15, -0.1) is 15.7 Å². The third-order valence-electron chi connectivity index (χ3n) is 5.28. The van der Waals surface area contributed by atoms with Crippen molar-refractivity contribution in [2.24, 2.45) is 4.40 Å². The van der Waals surface area contributed by atoms with E-state index in [2.05, 4.69) is 9.71 Å². The fourth-order valence-electron chi connectivity index (χ4n) is 3.70. The highest BCUT2D eigenvalue weighted by Gasteiger charge is 2.30. The van der Waals surface area contributed by atoms with Crippen molar-refractivity contribution in [2.45, 2.75) is 11.8 Å². The van der Waals surface area contributed by atoms with E-state index in [-0.39, 0.29) is 17.3 Å². The maximum absolute atomic E-state index is 12.9. The van der Waals surface area contributed by atoms with E-state index in [1.165, 1.54) is 17.4 Å². The van der Waals surface area contributed by atoms with Gasteiger partial charge < -0.3 is 14.8 Å². The third kappa shape index (κ3) is 4.55. The molecule has 35 heavy (non-hydrogen) atoms. The number of ether oxygens (including phenoxy) is 2.